The van der Waals surface area contributed by atoms with Gasteiger partial charge in [0.1, 0.15) is 11.6 Å². The summed E-state index contributed by atoms with van der Waals surface area (Å²) in [4.78, 5) is 0. The lowest BCUT2D eigenvalue weighted by molar-refractivity contribution is 0.171. The van der Waals surface area contributed by atoms with Gasteiger partial charge in [-0.15, -0.1) is 5.10 Å². The van der Waals surface area contributed by atoms with E-state index in [1.54, 1.807) is 7.11 Å². The Labute approximate surface area is 143 Å². The topological polar surface area (TPSA) is 115 Å². The molecule has 0 saturated heterocycles. The predicted octanol–water partition coefficient (Wildman–Crippen LogP) is 1.93. The largest absolute Gasteiger partial charge is 0.493 e. The number of aromatic nitrogens is 2. The first-order valence-electron chi connectivity index (χ1n) is 7.80. The number of H-pyrrole nitrogens is 1. The summed E-state index contributed by atoms with van der Waals surface area (Å²) in [6, 6.07) is 5.82. The molecule has 4 rings (SSSR count). The minimum Gasteiger partial charge on any atom is -0.493 e. The van der Waals surface area contributed by atoms with E-state index in [1.807, 2.05) is 19.1 Å². The van der Waals surface area contributed by atoms with Crippen LogP contribution in [0.25, 0.3) is 0 Å². The molecule has 0 aliphatic carbocycles. The van der Waals surface area contributed by atoms with E-state index < -0.39 is 5.92 Å². The molecule has 0 bridgehead atoms. The molecule has 0 fully saturated rings. The SMILES string of the molecule is CCc1[nH]nc2c1[C@@H](c1cc(OC)c3c(c1)OCO3)C(C#N)=C(N)O2. The Morgan fingerprint density at radius 1 is 1.44 bits per heavy atom. The van der Waals surface area contributed by atoms with Crippen molar-refractivity contribution in [2.45, 2.75) is 19.3 Å². The van der Waals surface area contributed by atoms with Gasteiger partial charge in [0.15, 0.2) is 11.5 Å². The number of hydrogen-bond acceptors (Lipinski definition) is 7. The normalized spacial score (nSPS) is 17.7. The lowest BCUT2D eigenvalue weighted by atomic mass is 9.83. The van der Waals surface area contributed by atoms with Crippen LogP contribution in [0.1, 0.15) is 29.7 Å². The average Bonchev–Trinajstić information content (AvgIpc) is 3.25. The number of nitriles is 1. The highest BCUT2D eigenvalue weighted by atomic mass is 16.7. The zero-order valence-electron chi connectivity index (χ0n) is 13.8. The molecule has 25 heavy (non-hydrogen) atoms. The van der Waals surface area contributed by atoms with Gasteiger partial charge in [-0.2, -0.15) is 5.26 Å². The van der Waals surface area contributed by atoms with Crippen molar-refractivity contribution >= 4 is 0 Å². The molecule has 3 N–H and O–H groups in total. The first-order valence-corrected chi connectivity index (χ1v) is 7.80. The van der Waals surface area contributed by atoms with E-state index in [4.69, 9.17) is 24.7 Å². The summed E-state index contributed by atoms with van der Waals surface area (Å²) in [5.41, 5.74) is 8.76. The number of rotatable bonds is 3. The third-order valence-corrected chi connectivity index (χ3v) is 4.39. The fraction of sp³-hybridized carbons (Fsp3) is 0.294. The van der Waals surface area contributed by atoms with Gasteiger partial charge in [-0.3, -0.25) is 5.10 Å². The van der Waals surface area contributed by atoms with Crippen LogP contribution in [0.2, 0.25) is 0 Å². The van der Waals surface area contributed by atoms with Crippen LogP contribution in [0.3, 0.4) is 0 Å². The number of aromatic amines is 1. The number of aryl methyl sites for hydroxylation is 1. The van der Waals surface area contributed by atoms with Crippen LogP contribution < -0.4 is 24.7 Å². The number of allylic oxidation sites excluding steroid dienone is 1. The lowest BCUT2D eigenvalue weighted by Gasteiger charge is -2.24. The second kappa shape index (κ2) is 5.63. The fourth-order valence-electron chi connectivity index (χ4n) is 3.23. The van der Waals surface area contributed by atoms with Crippen LogP contribution in [0, 0.1) is 11.3 Å². The van der Waals surface area contributed by atoms with Gasteiger partial charge in [-0.1, -0.05) is 6.92 Å². The molecular weight excluding hydrogens is 324 g/mol. The Balaban J connectivity index is 1.95. The van der Waals surface area contributed by atoms with Gasteiger partial charge >= 0.3 is 0 Å². The van der Waals surface area contributed by atoms with Crippen molar-refractivity contribution < 1.29 is 18.9 Å². The molecule has 0 amide bonds. The minimum absolute atomic E-state index is 0.0470. The zero-order valence-corrected chi connectivity index (χ0v) is 13.8. The Hall–Kier alpha value is -3.34. The van der Waals surface area contributed by atoms with Crippen LogP contribution in [0.5, 0.6) is 23.1 Å². The van der Waals surface area contributed by atoms with Gasteiger partial charge in [0.2, 0.25) is 24.3 Å². The quantitative estimate of drug-likeness (QED) is 0.877. The molecule has 128 valence electrons. The number of fused-ring (bicyclic) bond motifs is 2. The van der Waals surface area contributed by atoms with Gasteiger partial charge < -0.3 is 24.7 Å². The molecule has 8 nitrogen and oxygen atoms in total. The first kappa shape index (κ1) is 15.2. The van der Waals surface area contributed by atoms with Crippen LogP contribution in [-0.4, -0.2) is 24.1 Å². The molecule has 1 aromatic carbocycles. The van der Waals surface area contributed by atoms with Gasteiger partial charge in [0.25, 0.3) is 0 Å². The maximum absolute atomic E-state index is 9.65. The van der Waals surface area contributed by atoms with Gasteiger partial charge in [0.05, 0.1) is 13.0 Å². The van der Waals surface area contributed by atoms with Crippen molar-refractivity contribution in [2.75, 3.05) is 13.9 Å². The molecule has 0 unspecified atom stereocenters. The number of benzene rings is 1. The summed E-state index contributed by atoms with van der Waals surface area (Å²) in [7, 11) is 1.56. The van der Waals surface area contributed by atoms with E-state index in [-0.39, 0.29) is 12.7 Å². The van der Waals surface area contributed by atoms with E-state index in [2.05, 4.69) is 16.3 Å². The zero-order chi connectivity index (χ0) is 17.6. The predicted molar refractivity (Wildman–Crippen MR) is 86.4 cm³/mol. The van der Waals surface area contributed by atoms with Crippen molar-refractivity contribution in [3.05, 3.63) is 40.4 Å². The fourth-order valence-corrected chi connectivity index (χ4v) is 3.23. The average molecular weight is 340 g/mol. The van der Waals surface area contributed by atoms with E-state index in [0.717, 1.165) is 16.8 Å². The molecule has 8 heteroatoms. The number of nitrogens with two attached hydrogens (primary N) is 1. The summed E-state index contributed by atoms with van der Waals surface area (Å²) in [6.07, 6.45) is 0.711. The van der Waals surface area contributed by atoms with E-state index in [1.165, 1.54) is 0 Å². The standard InChI is InChI=1S/C17H16N4O4/c1-3-10-14-13(9(6-18)16(19)25-17(14)21-20-10)8-4-11(22-2)15-12(5-8)23-7-24-15/h4-5,13H,3,7,19H2,1-2H3,(H,20,21)/t13-/m0/s1. The Morgan fingerprint density at radius 3 is 3.00 bits per heavy atom. The van der Waals surface area contributed by atoms with Crippen LogP contribution in [-0.2, 0) is 6.42 Å². The molecule has 2 aromatic rings. The second-order valence-corrected chi connectivity index (χ2v) is 5.66. The van der Waals surface area contributed by atoms with Crippen molar-refractivity contribution in [1.29, 1.82) is 5.26 Å². The van der Waals surface area contributed by atoms with Gasteiger partial charge in [-0.25, -0.2) is 0 Å². The third kappa shape index (κ3) is 2.16. The van der Waals surface area contributed by atoms with E-state index >= 15 is 0 Å². The monoisotopic (exact) mass is 340 g/mol. The molecule has 1 aromatic heterocycles. The first-order chi connectivity index (χ1) is 12.2. The molecule has 0 radical (unpaired) electrons. The van der Waals surface area contributed by atoms with Crippen molar-refractivity contribution in [3.8, 4) is 29.2 Å². The minimum atomic E-state index is -0.425. The van der Waals surface area contributed by atoms with Gasteiger partial charge in [0, 0.05) is 11.3 Å². The number of nitrogens with zero attached hydrogens (tertiary/aromatic N) is 2. The summed E-state index contributed by atoms with van der Waals surface area (Å²) in [6.45, 7) is 2.13. The molecule has 3 heterocycles. The molecule has 1 atom stereocenters. The van der Waals surface area contributed by atoms with E-state index in [0.29, 0.717) is 35.1 Å². The number of methoxy groups -OCH3 is 1. The summed E-state index contributed by atoms with van der Waals surface area (Å²) in [5.74, 6) is 1.67. The van der Waals surface area contributed by atoms with Crippen molar-refractivity contribution in [1.82, 2.24) is 10.2 Å². The van der Waals surface area contributed by atoms with Crippen molar-refractivity contribution in [2.24, 2.45) is 5.73 Å². The summed E-state index contributed by atoms with van der Waals surface area (Å²) >= 11 is 0. The summed E-state index contributed by atoms with van der Waals surface area (Å²) < 4.78 is 21.9. The smallest absolute Gasteiger partial charge is 0.244 e. The van der Waals surface area contributed by atoms with E-state index in [9.17, 15) is 5.26 Å². The Morgan fingerprint density at radius 2 is 2.28 bits per heavy atom. The van der Waals surface area contributed by atoms with Crippen LogP contribution >= 0.6 is 0 Å². The summed E-state index contributed by atoms with van der Waals surface area (Å²) in [5, 5.41) is 16.8. The lowest BCUT2D eigenvalue weighted by Crippen LogP contribution is -2.21. The van der Waals surface area contributed by atoms with Crippen molar-refractivity contribution in [3.63, 3.8) is 0 Å². The number of nitrogens with one attached hydrogen (secondary N) is 1. The Bertz CT molecular complexity index is 925. The third-order valence-electron chi connectivity index (χ3n) is 4.39. The van der Waals surface area contributed by atoms with Gasteiger partial charge in [-0.05, 0) is 24.1 Å². The highest BCUT2D eigenvalue weighted by molar-refractivity contribution is 5.61. The maximum Gasteiger partial charge on any atom is 0.244 e. The van der Waals surface area contributed by atoms with Crippen LogP contribution in [0.15, 0.2) is 23.6 Å². The molecular formula is C17H16N4O4. The number of ether oxygens (including phenoxy) is 4. The second-order valence-electron chi connectivity index (χ2n) is 5.66. The molecule has 2 aliphatic rings. The Kier molecular flexibility index (Phi) is 3.42. The maximum atomic E-state index is 9.65. The highest BCUT2D eigenvalue weighted by Crippen LogP contribution is 2.48. The molecule has 0 saturated carbocycles. The number of hydrogen-bond donors (Lipinski definition) is 2. The highest BCUT2D eigenvalue weighted by Gasteiger charge is 2.36. The molecule has 0 spiro atoms. The molecule has 2 aliphatic heterocycles. The van der Waals surface area contributed by atoms with Crippen LogP contribution in [0.4, 0.5) is 0 Å².